The maximum Gasteiger partial charge on any atom is 0.0587 e. The van der Waals surface area contributed by atoms with Crippen molar-refractivity contribution in [3.63, 3.8) is 0 Å². The monoisotopic (exact) mass is 243 g/mol. The zero-order valence-corrected chi connectivity index (χ0v) is 11.3. The minimum atomic E-state index is 0.358. The van der Waals surface area contributed by atoms with E-state index in [1.54, 1.807) is 7.11 Å². The van der Waals surface area contributed by atoms with Crippen molar-refractivity contribution in [2.24, 2.45) is 11.8 Å². The highest BCUT2D eigenvalue weighted by Gasteiger charge is 2.21. The summed E-state index contributed by atoms with van der Waals surface area (Å²) in [7, 11) is 1.73. The summed E-state index contributed by atoms with van der Waals surface area (Å²) in [6.45, 7) is 3.05. The van der Waals surface area contributed by atoms with Gasteiger partial charge >= 0.3 is 0 Å². The molecule has 1 atom stereocenters. The van der Waals surface area contributed by atoms with Crippen LogP contribution in [0.5, 0.6) is 0 Å². The second kappa shape index (κ2) is 9.86. The number of hydrogen-bond donors (Lipinski definition) is 2. The summed E-state index contributed by atoms with van der Waals surface area (Å²) in [5, 5.41) is 12.9. The van der Waals surface area contributed by atoms with Crippen LogP contribution in [-0.2, 0) is 4.74 Å². The van der Waals surface area contributed by atoms with Gasteiger partial charge in [0, 0.05) is 20.3 Å². The maximum absolute atomic E-state index is 9.52. The second-order valence-corrected chi connectivity index (χ2v) is 5.23. The van der Waals surface area contributed by atoms with E-state index >= 15 is 0 Å². The third-order valence-corrected chi connectivity index (χ3v) is 3.98. The van der Waals surface area contributed by atoms with Crippen LogP contribution < -0.4 is 5.32 Å². The topological polar surface area (TPSA) is 41.5 Å². The molecule has 1 rings (SSSR count). The van der Waals surface area contributed by atoms with Crippen molar-refractivity contribution in [3.8, 4) is 0 Å². The van der Waals surface area contributed by atoms with E-state index in [0.29, 0.717) is 12.5 Å². The second-order valence-electron chi connectivity index (χ2n) is 5.23. The van der Waals surface area contributed by atoms with Crippen LogP contribution in [0.3, 0.4) is 0 Å². The molecule has 1 aliphatic rings. The van der Waals surface area contributed by atoms with Crippen molar-refractivity contribution < 1.29 is 9.84 Å². The first kappa shape index (κ1) is 14.9. The van der Waals surface area contributed by atoms with Crippen LogP contribution in [0.1, 0.15) is 44.9 Å². The standard InChI is InChI=1S/C14H29NO2/c1-17-11-10-15-9-8-14(12-16)13-6-4-2-3-5-7-13/h13-16H,2-12H2,1H3. The summed E-state index contributed by atoms with van der Waals surface area (Å²) in [4.78, 5) is 0. The molecular weight excluding hydrogens is 214 g/mol. The van der Waals surface area contributed by atoms with Crippen molar-refractivity contribution in [1.82, 2.24) is 5.32 Å². The summed E-state index contributed by atoms with van der Waals surface area (Å²) in [5.41, 5.74) is 0. The molecule has 0 amide bonds. The number of aliphatic hydroxyl groups is 1. The molecule has 0 aromatic heterocycles. The van der Waals surface area contributed by atoms with Gasteiger partial charge in [-0.2, -0.15) is 0 Å². The van der Waals surface area contributed by atoms with Crippen LogP contribution in [-0.4, -0.2) is 38.5 Å². The molecule has 17 heavy (non-hydrogen) atoms. The minimum absolute atomic E-state index is 0.358. The Morgan fingerprint density at radius 2 is 1.88 bits per heavy atom. The highest BCUT2D eigenvalue weighted by atomic mass is 16.5. The highest BCUT2D eigenvalue weighted by molar-refractivity contribution is 4.73. The largest absolute Gasteiger partial charge is 0.396 e. The lowest BCUT2D eigenvalue weighted by atomic mass is 9.84. The minimum Gasteiger partial charge on any atom is -0.396 e. The molecule has 1 unspecified atom stereocenters. The van der Waals surface area contributed by atoms with Gasteiger partial charge in [0.15, 0.2) is 0 Å². The molecule has 3 nitrogen and oxygen atoms in total. The van der Waals surface area contributed by atoms with Gasteiger partial charge in [-0.05, 0) is 24.8 Å². The van der Waals surface area contributed by atoms with Crippen LogP contribution in [0.25, 0.3) is 0 Å². The van der Waals surface area contributed by atoms with Crippen molar-refractivity contribution >= 4 is 0 Å². The molecule has 0 saturated heterocycles. The molecular formula is C14H29NO2. The van der Waals surface area contributed by atoms with Crippen LogP contribution in [0.4, 0.5) is 0 Å². The molecule has 0 aliphatic heterocycles. The molecule has 1 saturated carbocycles. The summed E-state index contributed by atoms with van der Waals surface area (Å²) in [5.74, 6) is 1.26. The molecule has 1 fully saturated rings. The van der Waals surface area contributed by atoms with Crippen molar-refractivity contribution in [2.45, 2.75) is 44.9 Å². The SMILES string of the molecule is COCCNCCC(CO)C1CCCCCC1. The van der Waals surface area contributed by atoms with E-state index in [2.05, 4.69) is 5.32 Å². The van der Waals surface area contributed by atoms with Gasteiger partial charge in [0.2, 0.25) is 0 Å². The number of rotatable bonds is 8. The fourth-order valence-corrected chi connectivity index (χ4v) is 2.85. The Kier molecular flexibility index (Phi) is 8.67. The molecule has 0 aromatic carbocycles. The molecule has 3 heteroatoms. The van der Waals surface area contributed by atoms with Crippen molar-refractivity contribution in [1.29, 1.82) is 0 Å². The van der Waals surface area contributed by atoms with Gasteiger partial charge in [0.25, 0.3) is 0 Å². The zero-order valence-electron chi connectivity index (χ0n) is 11.3. The van der Waals surface area contributed by atoms with Gasteiger partial charge in [0.05, 0.1) is 6.61 Å². The van der Waals surface area contributed by atoms with E-state index < -0.39 is 0 Å². The number of methoxy groups -OCH3 is 1. The van der Waals surface area contributed by atoms with Gasteiger partial charge in [-0.1, -0.05) is 38.5 Å². The van der Waals surface area contributed by atoms with Crippen LogP contribution in [0.2, 0.25) is 0 Å². The summed E-state index contributed by atoms with van der Waals surface area (Å²) >= 11 is 0. The predicted molar refractivity (Wildman–Crippen MR) is 71.1 cm³/mol. The number of aliphatic hydroxyl groups excluding tert-OH is 1. The summed E-state index contributed by atoms with van der Waals surface area (Å²) in [6.07, 6.45) is 9.25. The molecule has 0 aromatic rings. The van der Waals surface area contributed by atoms with Gasteiger partial charge in [-0.25, -0.2) is 0 Å². The average molecular weight is 243 g/mol. The Labute approximate surface area is 106 Å². The predicted octanol–water partition coefficient (Wildman–Crippen LogP) is 2.19. The first-order chi connectivity index (χ1) is 8.38. The zero-order chi connectivity index (χ0) is 12.3. The quantitative estimate of drug-likeness (QED) is 0.507. The van der Waals surface area contributed by atoms with E-state index in [4.69, 9.17) is 4.74 Å². The fourth-order valence-electron chi connectivity index (χ4n) is 2.85. The van der Waals surface area contributed by atoms with Gasteiger partial charge in [-0.3, -0.25) is 0 Å². The van der Waals surface area contributed by atoms with E-state index in [1.807, 2.05) is 0 Å². The first-order valence-electron chi connectivity index (χ1n) is 7.19. The smallest absolute Gasteiger partial charge is 0.0587 e. The Bertz CT molecular complexity index is 168. The Morgan fingerprint density at radius 1 is 1.18 bits per heavy atom. The van der Waals surface area contributed by atoms with Crippen LogP contribution in [0.15, 0.2) is 0 Å². The van der Waals surface area contributed by atoms with Crippen LogP contribution in [0, 0.1) is 11.8 Å². The molecule has 0 radical (unpaired) electrons. The third-order valence-electron chi connectivity index (χ3n) is 3.98. The van der Waals surface area contributed by atoms with E-state index in [1.165, 1.54) is 38.5 Å². The first-order valence-corrected chi connectivity index (χ1v) is 7.19. The summed E-state index contributed by atoms with van der Waals surface area (Å²) in [6, 6.07) is 0. The lowest BCUT2D eigenvalue weighted by Gasteiger charge is -2.24. The fraction of sp³-hybridized carbons (Fsp3) is 1.00. The van der Waals surface area contributed by atoms with Crippen molar-refractivity contribution in [3.05, 3.63) is 0 Å². The lowest BCUT2D eigenvalue weighted by molar-refractivity contribution is 0.153. The summed E-state index contributed by atoms with van der Waals surface area (Å²) < 4.78 is 5.00. The molecule has 1 aliphatic carbocycles. The van der Waals surface area contributed by atoms with Gasteiger partial charge < -0.3 is 15.2 Å². The Morgan fingerprint density at radius 3 is 2.47 bits per heavy atom. The Hall–Kier alpha value is -0.120. The number of hydrogen-bond acceptors (Lipinski definition) is 3. The molecule has 102 valence electrons. The normalized spacial score (nSPS) is 20.1. The highest BCUT2D eigenvalue weighted by Crippen LogP contribution is 2.30. The third kappa shape index (κ3) is 6.39. The van der Waals surface area contributed by atoms with E-state index in [-0.39, 0.29) is 0 Å². The molecule has 0 spiro atoms. The number of ether oxygens (including phenoxy) is 1. The van der Waals surface area contributed by atoms with Crippen LogP contribution >= 0.6 is 0 Å². The number of nitrogens with one attached hydrogen (secondary N) is 1. The van der Waals surface area contributed by atoms with Crippen molar-refractivity contribution in [2.75, 3.05) is 33.4 Å². The van der Waals surface area contributed by atoms with E-state index in [9.17, 15) is 5.11 Å². The average Bonchev–Trinajstić information content (AvgIpc) is 2.63. The Balaban J connectivity index is 2.16. The van der Waals surface area contributed by atoms with Gasteiger partial charge in [-0.15, -0.1) is 0 Å². The lowest BCUT2D eigenvalue weighted by Crippen LogP contribution is -2.26. The molecule has 0 heterocycles. The molecule has 0 bridgehead atoms. The van der Waals surface area contributed by atoms with E-state index in [0.717, 1.165) is 32.0 Å². The van der Waals surface area contributed by atoms with Gasteiger partial charge in [0.1, 0.15) is 0 Å². The molecule has 2 N–H and O–H groups in total. The maximum atomic E-state index is 9.52.